The molecule has 1 N–H and O–H groups in total. The Kier molecular flexibility index (Phi) is 12.3. The van der Waals surface area contributed by atoms with Gasteiger partial charge in [0.15, 0.2) is 0 Å². The van der Waals surface area contributed by atoms with E-state index in [0.29, 0.717) is 6.04 Å². The van der Waals surface area contributed by atoms with Gasteiger partial charge >= 0.3 is 0 Å². The molecule has 1 aliphatic rings. The molecule has 1 rings (SSSR count). The molecule has 0 aromatic carbocycles. The van der Waals surface area contributed by atoms with Gasteiger partial charge in [-0.3, -0.25) is 0 Å². The van der Waals surface area contributed by atoms with Gasteiger partial charge < -0.3 is 10.1 Å². The predicted octanol–water partition coefficient (Wildman–Crippen LogP) is 5.31. The van der Waals surface area contributed by atoms with E-state index >= 15 is 0 Å². The molecular weight excluding hydrogens is 258 g/mol. The van der Waals surface area contributed by atoms with Gasteiger partial charge in [0.25, 0.3) is 0 Å². The van der Waals surface area contributed by atoms with Gasteiger partial charge in [-0.15, -0.1) is 0 Å². The first-order valence-electron chi connectivity index (χ1n) is 9.69. The van der Waals surface area contributed by atoms with Crippen LogP contribution in [0.5, 0.6) is 0 Å². The summed E-state index contributed by atoms with van der Waals surface area (Å²) < 4.78 is 5.66. The van der Waals surface area contributed by atoms with Gasteiger partial charge in [-0.25, -0.2) is 0 Å². The van der Waals surface area contributed by atoms with Crippen LogP contribution < -0.4 is 5.32 Å². The summed E-state index contributed by atoms with van der Waals surface area (Å²) in [6.07, 6.45) is 16.9. The topological polar surface area (TPSA) is 21.3 Å². The molecular formula is C19H39NO. The average molecular weight is 298 g/mol. The van der Waals surface area contributed by atoms with Crippen molar-refractivity contribution in [2.45, 2.75) is 96.9 Å². The van der Waals surface area contributed by atoms with Crippen molar-refractivity contribution in [2.75, 3.05) is 19.8 Å². The van der Waals surface area contributed by atoms with Crippen LogP contribution >= 0.6 is 0 Å². The first-order valence-corrected chi connectivity index (χ1v) is 9.69. The first kappa shape index (κ1) is 19.0. The number of nitrogens with one attached hydrogen (secondary N) is 1. The van der Waals surface area contributed by atoms with Crippen LogP contribution in [0.1, 0.15) is 90.9 Å². The summed E-state index contributed by atoms with van der Waals surface area (Å²) in [5, 5.41) is 3.64. The molecule has 0 aromatic heterocycles. The van der Waals surface area contributed by atoms with Crippen LogP contribution in [0.4, 0.5) is 0 Å². The van der Waals surface area contributed by atoms with E-state index in [1.165, 1.54) is 77.0 Å². The minimum atomic E-state index is 0.710. The maximum Gasteiger partial charge on any atom is 0.0509 e. The fourth-order valence-electron chi connectivity index (χ4n) is 3.51. The summed E-state index contributed by atoms with van der Waals surface area (Å²) >= 11 is 0. The van der Waals surface area contributed by atoms with Gasteiger partial charge in [-0.1, -0.05) is 78.1 Å². The lowest BCUT2D eigenvalue weighted by atomic mass is 9.90. The third-order valence-corrected chi connectivity index (χ3v) is 4.87. The van der Waals surface area contributed by atoms with E-state index in [0.717, 1.165) is 25.7 Å². The maximum absolute atomic E-state index is 5.66. The molecule has 0 aliphatic carbocycles. The van der Waals surface area contributed by atoms with E-state index in [4.69, 9.17) is 4.74 Å². The summed E-state index contributed by atoms with van der Waals surface area (Å²) in [5.74, 6) is 0.757. The summed E-state index contributed by atoms with van der Waals surface area (Å²) in [5.41, 5.74) is 0. The molecule has 2 nitrogen and oxygen atoms in total. The van der Waals surface area contributed by atoms with Gasteiger partial charge in [0.1, 0.15) is 0 Å². The lowest BCUT2D eigenvalue weighted by Gasteiger charge is -2.32. The number of hydrogen-bond donors (Lipinski definition) is 1. The van der Waals surface area contributed by atoms with E-state index in [1.807, 2.05) is 0 Å². The molecule has 0 amide bonds. The monoisotopic (exact) mass is 297 g/mol. The van der Waals surface area contributed by atoms with Crippen LogP contribution in [0.3, 0.4) is 0 Å². The van der Waals surface area contributed by atoms with E-state index in [2.05, 4.69) is 19.2 Å². The van der Waals surface area contributed by atoms with Gasteiger partial charge in [-0.05, 0) is 25.3 Å². The number of rotatable bonds is 13. The SMILES string of the molecule is CCCCCCCCCCCCC1COCCC1NCC. The Morgan fingerprint density at radius 1 is 0.857 bits per heavy atom. The fourth-order valence-corrected chi connectivity index (χ4v) is 3.51. The zero-order valence-corrected chi connectivity index (χ0v) is 14.7. The molecule has 0 aromatic rings. The van der Waals surface area contributed by atoms with Crippen LogP contribution in [0, 0.1) is 5.92 Å². The van der Waals surface area contributed by atoms with Crippen molar-refractivity contribution in [1.82, 2.24) is 5.32 Å². The minimum absolute atomic E-state index is 0.710. The summed E-state index contributed by atoms with van der Waals surface area (Å²) in [6, 6.07) is 0.710. The van der Waals surface area contributed by atoms with Crippen molar-refractivity contribution in [3.8, 4) is 0 Å². The quantitative estimate of drug-likeness (QED) is 0.465. The lowest BCUT2D eigenvalue weighted by molar-refractivity contribution is 0.0282. The third kappa shape index (κ3) is 9.52. The summed E-state index contributed by atoms with van der Waals surface area (Å²) in [7, 11) is 0. The first-order chi connectivity index (χ1) is 10.4. The van der Waals surface area contributed by atoms with Crippen molar-refractivity contribution in [3.63, 3.8) is 0 Å². The Balaban J connectivity index is 1.91. The van der Waals surface area contributed by atoms with Crippen LogP contribution in [-0.2, 0) is 4.74 Å². The highest BCUT2D eigenvalue weighted by Crippen LogP contribution is 2.21. The zero-order valence-electron chi connectivity index (χ0n) is 14.7. The highest BCUT2D eigenvalue weighted by atomic mass is 16.5. The molecule has 2 heteroatoms. The summed E-state index contributed by atoms with van der Waals surface area (Å²) in [4.78, 5) is 0. The molecule has 2 atom stereocenters. The normalized spacial score (nSPS) is 22.6. The second kappa shape index (κ2) is 13.6. The molecule has 2 unspecified atom stereocenters. The fraction of sp³-hybridized carbons (Fsp3) is 1.00. The van der Waals surface area contributed by atoms with Gasteiger partial charge in [0.2, 0.25) is 0 Å². The molecule has 0 radical (unpaired) electrons. The third-order valence-electron chi connectivity index (χ3n) is 4.87. The van der Waals surface area contributed by atoms with E-state index in [1.54, 1.807) is 0 Å². The van der Waals surface area contributed by atoms with Crippen molar-refractivity contribution >= 4 is 0 Å². The van der Waals surface area contributed by atoms with Gasteiger partial charge in [0, 0.05) is 12.6 Å². The number of hydrogen-bond acceptors (Lipinski definition) is 2. The number of unbranched alkanes of at least 4 members (excludes halogenated alkanes) is 9. The van der Waals surface area contributed by atoms with Gasteiger partial charge in [-0.2, -0.15) is 0 Å². The summed E-state index contributed by atoms with van der Waals surface area (Å²) in [6.45, 7) is 7.53. The molecule has 126 valence electrons. The van der Waals surface area contributed by atoms with Crippen LogP contribution in [0.25, 0.3) is 0 Å². The van der Waals surface area contributed by atoms with Crippen molar-refractivity contribution < 1.29 is 4.74 Å². The average Bonchev–Trinajstić information content (AvgIpc) is 2.51. The molecule has 0 spiro atoms. The minimum Gasteiger partial charge on any atom is -0.381 e. The molecule has 0 bridgehead atoms. The van der Waals surface area contributed by atoms with Crippen LogP contribution in [0.2, 0.25) is 0 Å². The standard InChI is InChI=1S/C19H39NO/c1-3-5-6-7-8-9-10-11-12-13-14-18-17-21-16-15-19(18)20-4-2/h18-20H,3-17H2,1-2H3. The molecule has 1 heterocycles. The lowest BCUT2D eigenvalue weighted by Crippen LogP contribution is -2.42. The molecule has 21 heavy (non-hydrogen) atoms. The van der Waals surface area contributed by atoms with E-state index in [-0.39, 0.29) is 0 Å². The Bertz CT molecular complexity index is 218. The number of ether oxygens (including phenoxy) is 1. The van der Waals surface area contributed by atoms with E-state index in [9.17, 15) is 0 Å². The van der Waals surface area contributed by atoms with Crippen molar-refractivity contribution in [1.29, 1.82) is 0 Å². The van der Waals surface area contributed by atoms with Gasteiger partial charge in [0.05, 0.1) is 6.61 Å². The Morgan fingerprint density at radius 2 is 1.48 bits per heavy atom. The van der Waals surface area contributed by atoms with Crippen molar-refractivity contribution in [2.24, 2.45) is 5.92 Å². The molecule has 1 fully saturated rings. The largest absolute Gasteiger partial charge is 0.381 e. The molecule has 1 saturated heterocycles. The maximum atomic E-state index is 5.66. The Morgan fingerprint density at radius 3 is 2.10 bits per heavy atom. The van der Waals surface area contributed by atoms with Crippen LogP contribution in [0.15, 0.2) is 0 Å². The Hall–Kier alpha value is -0.0800. The highest BCUT2D eigenvalue weighted by Gasteiger charge is 2.24. The smallest absolute Gasteiger partial charge is 0.0509 e. The highest BCUT2D eigenvalue weighted by molar-refractivity contribution is 4.79. The van der Waals surface area contributed by atoms with E-state index < -0.39 is 0 Å². The van der Waals surface area contributed by atoms with Crippen LogP contribution in [-0.4, -0.2) is 25.8 Å². The Labute approximate surface area is 133 Å². The van der Waals surface area contributed by atoms with Crippen molar-refractivity contribution in [3.05, 3.63) is 0 Å². The molecule has 0 saturated carbocycles. The molecule has 1 aliphatic heterocycles. The second-order valence-electron chi connectivity index (χ2n) is 6.76. The predicted molar refractivity (Wildman–Crippen MR) is 92.9 cm³/mol. The second-order valence-corrected chi connectivity index (χ2v) is 6.76. The zero-order chi connectivity index (χ0) is 15.2.